The van der Waals surface area contributed by atoms with Crippen LogP contribution in [0.15, 0.2) is 134 Å². The third-order valence-electron chi connectivity index (χ3n) is 6.94. The third-order valence-corrected chi connectivity index (χ3v) is 6.94. The summed E-state index contributed by atoms with van der Waals surface area (Å²) in [6.07, 6.45) is 4.09. The summed E-state index contributed by atoms with van der Waals surface area (Å²) in [4.78, 5) is 16.7. The van der Waals surface area contributed by atoms with Crippen LogP contribution >= 0.6 is 0 Å². The van der Waals surface area contributed by atoms with E-state index in [9.17, 15) is 0 Å². The minimum atomic E-state index is 0.902. The molecular weight excluding hydrogens is 478 g/mol. The van der Waals surface area contributed by atoms with Crippen LogP contribution in [0.5, 0.6) is 0 Å². The zero-order valence-electron chi connectivity index (χ0n) is 21.4. The van der Waals surface area contributed by atoms with Crippen molar-refractivity contribution in [2.75, 3.05) is 4.90 Å². The molecule has 0 bridgehead atoms. The van der Waals surface area contributed by atoms with Crippen molar-refractivity contribution in [2.45, 2.75) is 6.92 Å². The zero-order valence-corrected chi connectivity index (χ0v) is 21.4. The average Bonchev–Trinajstić information content (AvgIpc) is 3.43. The molecule has 3 heterocycles. The molecule has 0 radical (unpaired) electrons. The number of benzene rings is 4. The van der Waals surface area contributed by atoms with E-state index in [1.54, 1.807) is 0 Å². The Morgan fingerprint density at radius 2 is 1.13 bits per heavy atom. The summed E-state index contributed by atoms with van der Waals surface area (Å²) >= 11 is 0. The summed E-state index contributed by atoms with van der Waals surface area (Å²) < 4.78 is 2.04. The topological polar surface area (TPSA) is 46.3 Å². The summed E-state index contributed by atoms with van der Waals surface area (Å²) in [6.45, 7) is 2.02. The minimum absolute atomic E-state index is 0.902. The highest BCUT2D eigenvalue weighted by atomic mass is 15.1. The molecule has 0 fully saturated rings. The molecule has 0 atom stereocenters. The SMILES string of the molecule is Cc1nc2ccccc2nc1-c1ccc(N(c2ccccc2)c2ccc(-c3cn4ccccc4n3)cc2)cc1. The number of imidazole rings is 1. The summed E-state index contributed by atoms with van der Waals surface area (Å²) in [6, 6.07) is 41.6. The van der Waals surface area contributed by atoms with Crippen LogP contribution < -0.4 is 4.90 Å². The van der Waals surface area contributed by atoms with Gasteiger partial charge in [-0.2, -0.15) is 0 Å². The van der Waals surface area contributed by atoms with Gasteiger partial charge in [-0.1, -0.05) is 60.7 Å². The highest BCUT2D eigenvalue weighted by Crippen LogP contribution is 2.36. The van der Waals surface area contributed by atoms with Crippen LogP contribution in [0.2, 0.25) is 0 Å². The summed E-state index contributed by atoms with van der Waals surface area (Å²) in [7, 11) is 0. The lowest BCUT2D eigenvalue weighted by Crippen LogP contribution is -2.09. The van der Waals surface area contributed by atoms with Gasteiger partial charge in [0, 0.05) is 40.6 Å². The van der Waals surface area contributed by atoms with Crippen LogP contribution in [-0.4, -0.2) is 19.4 Å². The Kier molecular flexibility index (Phi) is 5.60. The molecule has 0 unspecified atom stereocenters. The van der Waals surface area contributed by atoms with E-state index in [1.165, 1.54) is 0 Å². The second-order valence-electron chi connectivity index (χ2n) is 9.50. The molecule has 0 saturated carbocycles. The van der Waals surface area contributed by atoms with Crippen LogP contribution in [0, 0.1) is 6.92 Å². The Labute approximate surface area is 226 Å². The quantitative estimate of drug-likeness (QED) is 0.237. The first-order chi connectivity index (χ1) is 19.2. The Morgan fingerprint density at radius 1 is 0.538 bits per heavy atom. The van der Waals surface area contributed by atoms with E-state index >= 15 is 0 Å². The number of fused-ring (bicyclic) bond motifs is 2. The number of aryl methyl sites for hydroxylation is 1. The number of rotatable bonds is 5. The van der Waals surface area contributed by atoms with Crippen LogP contribution in [0.3, 0.4) is 0 Å². The highest BCUT2D eigenvalue weighted by molar-refractivity contribution is 5.81. The van der Waals surface area contributed by atoms with Gasteiger partial charge >= 0.3 is 0 Å². The Balaban J connectivity index is 1.25. The molecule has 0 aliphatic rings. The van der Waals surface area contributed by atoms with Crippen molar-refractivity contribution in [3.63, 3.8) is 0 Å². The monoisotopic (exact) mass is 503 g/mol. The lowest BCUT2D eigenvalue weighted by atomic mass is 10.1. The van der Waals surface area contributed by atoms with E-state index in [1.807, 2.05) is 66.1 Å². The molecule has 0 N–H and O–H groups in total. The van der Waals surface area contributed by atoms with E-state index < -0.39 is 0 Å². The molecule has 0 amide bonds. The molecule has 4 aromatic carbocycles. The van der Waals surface area contributed by atoms with Gasteiger partial charge < -0.3 is 9.30 Å². The van der Waals surface area contributed by atoms with E-state index in [2.05, 4.69) is 83.9 Å². The Hall–Kier alpha value is -5.29. The van der Waals surface area contributed by atoms with Gasteiger partial charge in [-0.05, 0) is 67.6 Å². The normalized spacial score (nSPS) is 11.2. The van der Waals surface area contributed by atoms with Gasteiger partial charge in [-0.3, -0.25) is 0 Å². The number of hydrogen-bond acceptors (Lipinski definition) is 4. The Bertz CT molecular complexity index is 1870. The molecule has 0 aliphatic heterocycles. The van der Waals surface area contributed by atoms with Crippen molar-refractivity contribution in [3.8, 4) is 22.5 Å². The largest absolute Gasteiger partial charge is 0.311 e. The van der Waals surface area contributed by atoms with Gasteiger partial charge in [-0.15, -0.1) is 0 Å². The van der Waals surface area contributed by atoms with Gasteiger partial charge in [-0.25, -0.2) is 15.0 Å². The van der Waals surface area contributed by atoms with Crippen LogP contribution in [-0.2, 0) is 0 Å². The molecule has 0 aliphatic carbocycles. The predicted octanol–water partition coefficient (Wildman–Crippen LogP) is 8.39. The van der Waals surface area contributed by atoms with Crippen LogP contribution in [0.25, 0.3) is 39.2 Å². The first-order valence-corrected chi connectivity index (χ1v) is 13.0. The van der Waals surface area contributed by atoms with Crippen molar-refractivity contribution in [1.82, 2.24) is 19.4 Å². The van der Waals surface area contributed by atoms with Gasteiger partial charge in [0.05, 0.1) is 28.1 Å². The van der Waals surface area contributed by atoms with Crippen LogP contribution in [0.4, 0.5) is 17.1 Å². The van der Waals surface area contributed by atoms with Crippen molar-refractivity contribution in [2.24, 2.45) is 0 Å². The maximum absolute atomic E-state index is 4.91. The first kappa shape index (κ1) is 22.9. The second kappa shape index (κ2) is 9.54. The maximum Gasteiger partial charge on any atom is 0.137 e. The van der Waals surface area contributed by atoms with Gasteiger partial charge in [0.25, 0.3) is 0 Å². The lowest BCUT2D eigenvalue weighted by Gasteiger charge is -2.25. The molecule has 39 heavy (non-hydrogen) atoms. The first-order valence-electron chi connectivity index (χ1n) is 13.0. The molecule has 0 saturated heterocycles. The number of nitrogens with zero attached hydrogens (tertiary/aromatic N) is 5. The molecule has 5 nitrogen and oxygen atoms in total. The number of aromatic nitrogens is 4. The molecule has 186 valence electrons. The molecule has 7 aromatic rings. The van der Waals surface area contributed by atoms with E-state index in [0.717, 1.165) is 62.0 Å². The third kappa shape index (κ3) is 4.30. The van der Waals surface area contributed by atoms with Crippen molar-refractivity contribution in [3.05, 3.63) is 139 Å². The predicted molar refractivity (Wildman–Crippen MR) is 159 cm³/mol. The summed E-state index contributed by atoms with van der Waals surface area (Å²) in [5.41, 5.74) is 10.9. The summed E-state index contributed by atoms with van der Waals surface area (Å²) in [5, 5.41) is 0. The lowest BCUT2D eigenvalue weighted by molar-refractivity contribution is 1.19. The van der Waals surface area contributed by atoms with E-state index in [0.29, 0.717) is 0 Å². The number of anilines is 3. The average molecular weight is 504 g/mol. The van der Waals surface area contributed by atoms with E-state index in [4.69, 9.17) is 15.0 Å². The number of hydrogen-bond donors (Lipinski definition) is 0. The standard InChI is InChI=1S/C34H25N5/c1-24-34(37-31-12-6-5-11-30(31)35-24)26-16-20-29(21-17-26)39(27-9-3-2-4-10-27)28-18-14-25(15-19-28)32-23-38-22-8-7-13-33(38)36-32/h2-23H,1H3. The molecule has 5 heteroatoms. The molecule has 0 spiro atoms. The molecule has 7 rings (SSSR count). The second-order valence-corrected chi connectivity index (χ2v) is 9.50. The number of para-hydroxylation sites is 3. The van der Waals surface area contributed by atoms with Gasteiger partial charge in [0.15, 0.2) is 0 Å². The van der Waals surface area contributed by atoms with Crippen molar-refractivity contribution < 1.29 is 0 Å². The van der Waals surface area contributed by atoms with E-state index in [-0.39, 0.29) is 0 Å². The molecular formula is C34H25N5. The fraction of sp³-hybridized carbons (Fsp3) is 0.0294. The fourth-order valence-electron chi connectivity index (χ4n) is 5.01. The van der Waals surface area contributed by atoms with Crippen LogP contribution in [0.1, 0.15) is 5.69 Å². The zero-order chi connectivity index (χ0) is 26.2. The fourth-order valence-corrected chi connectivity index (χ4v) is 5.01. The van der Waals surface area contributed by atoms with Gasteiger partial charge in [0.1, 0.15) is 5.65 Å². The van der Waals surface area contributed by atoms with Gasteiger partial charge in [0.2, 0.25) is 0 Å². The summed E-state index contributed by atoms with van der Waals surface area (Å²) in [5.74, 6) is 0. The smallest absolute Gasteiger partial charge is 0.137 e. The highest BCUT2D eigenvalue weighted by Gasteiger charge is 2.14. The Morgan fingerprint density at radius 3 is 1.82 bits per heavy atom. The maximum atomic E-state index is 4.91. The van der Waals surface area contributed by atoms with Crippen molar-refractivity contribution in [1.29, 1.82) is 0 Å². The number of pyridine rings is 1. The molecule has 3 aromatic heterocycles. The van der Waals surface area contributed by atoms with Crippen molar-refractivity contribution >= 4 is 33.7 Å². The minimum Gasteiger partial charge on any atom is -0.311 e.